The van der Waals surface area contributed by atoms with Gasteiger partial charge in [-0.05, 0) is 49.3 Å². The number of amides is 3. The average molecular weight is 619 g/mol. The monoisotopic (exact) mass is 618 g/mol. The Morgan fingerprint density at radius 1 is 1.07 bits per heavy atom. The smallest absolute Gasteiger partial charge is 0.410 e. The molecule has 0 radical (unpaired) electrons. The molecular weight excluding hydrogens is 572 g/mol. The minimum Gasteiger partial charge on any atom is -0.445 e. The van der Waals surface area contributed by atoms with Crippen LogP contribution in [0.5, 0.6) is 0 Å². The van der Waals surface area contributed by atoms with Crippen LogP contribution in [0.4, 0.5) is 4.79 Å². The third kappa shape index (κ3) is 8.55. The molecule has 2 aromatic carbocycles. The van der Waals surface area contributed by atoms with Gasteiger partial charge in [0.15, 0.2) is 0 Å². The molecule has 2 aromatic rings. The van der Waals surface area contributed by atoms with Crippen LogP contribution < -0.4 is 16.4 Å². The molecule has 45 heavy (non-hydrogen) atoms. The SMILES string of the molecule is C.CC1CCN(C(=O)O[C@@H]2Cc3ccccc3[C@@H]2C2C=NC(NC(=O)[C@@H](COCc3ccccc3)NC(=O)C(C)(C)N)=N2)CC1. The van der Waals surface area contributed by atoms with Crippen LogP contribution in [0, 0.1) is 5.92 Å². The van der Waals surface area contributed by atoms with Gasteiger partial charge >= 0.3 is 6.09 Å². The van der Waals surface area contributed by atoms with Crippen LogP contribution in [0.3, 0.4) is 0 Å². The molecule has 0 spiro atoms. The van der Waals surface area contributed by atoms with Crippen molar-refractivity contribution in [3.63, 3.8) is 0 Å². The molecule has 5 rings (SSSR count). The Morgan fingerprint density at radius 3 is 2.47 bits per heavy atom. The zero-order valence-corrected chi connectivity index (χ0v) is 25.6. The van der Waals surface area contributed by atoms with Gasteiger partial charge in [0.05, 0.1) is 24.8 Å². The minimum absolute atomic E-state index is 0. The predicted molar refractivity (Wildman–Crippen MR) is 174 cm³/mol. The van der Waals surface area contributed by atoms with Crippen LogP contribution in [0.2, 0.25) is 0 Å². The summed E-state index contributed by atoms with van der Waals surface area (Å²) in [6, 6.07) is 16.1. The van der Waals surface area contributed by atoms with E-state index in [1.807, 2.05) is 54.6 Å². The Morgan fingerprint density at radius 2 is 1.76 bits per heavy atom. The second-order valence-electron chi connectivity index (χ2n) is 12.5. The largest absolute Gasteiger partial charge is 0.445 e. The number of nitrogens with two attached hydrogens (primary N) is 1. The van der Waals surface area contributed by atoms with Crippen LogP contribution >= 0.6 is 0 Å². The summed E-state index contributed by atoms with van der Waals surface area (Å²) in [6.45, 7) is 6.90. The number of hydrogen-bond acceptors (Lipinski definition) is 8. The van der Waals surface area contributed by atoms with Crippen molar-refractivity contribution in [3.05, 3.63) is 71.3 Å². The minimum atomic E-state index is -1.19. The number of fused-ring (bicyclic) bond motifs is 1. The fraction of sp³-hybridized carbons (Fsp3) is 0.500. The summed E-state index contributed by atoms with van der Waals surface area (Å²) >= 11 is 0. The number of nitrogens with zero attached hydrogens (tertiary/aromatic N) is 3. The first-order valence-electron chi connectivity index (χ1n) is 15.3. The van der Waals surface area contributed by atoms with Gasteiger partial charge in [0.1, 0.15) is 12.1 Å². The van der Waals surface area contributed by atoms with E-state index < -0.39 is 35.5 Å². The van der Waals surface area contributed by atoms with Gasteiger partial charge in [-0.2, -0.15) is 0 Å². The molecule has 11 nitrogen and oxygen atoms in total. The van der Waals surface area contributed by atoms with Gasteiger partial charge in [0.2, 0.25) is 11.9 Å². The lowest BCUT2D eigenvalue weighted by molar-refractivity contribution is -0.132. The predicted octanol–water partition coefficient (Wildman–Crippen LogP) is 3.56. The molecule has 2 aliphatic heterocycles. The van der Waals surface area contributed by atoms with Crippen LogP contribution in [-0.2, 0) is 32.1 Å². The number of carbonyl (C=O) groups is 3. The number of nitrogens with one attached hydrogen (secondary N) is 2. The Kier molecular flexibility index (Phi) is 11.1. The number of aliphatic imine (C=N–C) groups is 2. The summed E-state index contributed by atoms with van der Waals surface area (Å²) in [5.74, 6) is -0.550. The van der Waals surface area contributed by atoms with Crippen LogP contribution in [0.15, 0.2) is 64.6 Å². The Labute approximate surface area is 265 Å². The summed E-state index contributed by atoms with van der Waals surface area (Å²) in [5.41, 5.74) is 7.87. The van der Waals surface area contributed by atoms with Gasteiger partial charge in [-0.15, -0.1) is 0 Å². The van der Waals surface area contributed by atoms with Crippen molar-refractivity contribution in [2.24, 2.45) is 21.6 Å². The third-order valence-electron chi connectivity index (χ3n) is 8.36. The van der Waals surface area contributed by atoms with Crippen LogP contribution in [0.25, 0.3) is 0 Å². The van der Waals surface area contributed by atoms with E-state index in [0.29, 0.717) is 25.4 Å². The highest BCUT2D eigenvalue weighted by molar-refractivity contribution is 6.06. The van der Waals surface area contributed by atoms with E-state index in [9.17, 15) is 14.4 Å². The van der Waals surface area contributed by atoms with Crippen molar-refractivity contribution in [2.45, 2.75) is 83.7 Å². The average Bonchev–Trinajstić information content (AvgIpc) is 3.60. The van der Waals surface area contributed by atoms with Crippen LogP contribution in [0.1, 0.15) is 63.6 Å². The molecule has 4 N–H and O–H groups in total. The number of hydrogen-bond donors (Lipinski definition) is 3. The molecule has 1 unspecified atom stereocenters. The van der Waals surface area contributed by atoms with E-state index in [0.717, 1.165) is 29.5 Å². The van der Waals surface area contributed by atoms with Gasteiger partial charge in [0, 0.05) is 31.6 Å². The van der Waals surface area contributed by atoms with Gasteiger partial charge in [-0.1, -0.05) is 68.9 Å². The number of benzene rings is 2. The number of likely N-dealkylation sites (tertiary alicyclic amines) is 1. The zero-order valence-electron chi connectivity index (χ0n) is 25.6. The maximum atomic E-state index is 13.4. The summed E-state index contributed by atoms with van der Waals surface area (Å²) in [7, 11) is 0. The molecule has 1 fully saturated rings. The number of carbonyl (C=O) groups excluding carboxylic acids is 3. The van der Waals surface area contributed by atoms with E-state index in [1.54, 1.807) is 25.0 Å². The van der Waals surface area contributed by atoms with E-state index in [-0.39, 0.29) is 38.6 Å². The first-order chi connectivity index (χ1) is 21.1. The van der Waals surface area contributed by atoms with E-state index in [1.165, 1.54) is 0 Å². The highest BCUT2D eigenvalue weighted by atomic mass is 16.6. The third-order valence-corrected chi connectivity index (χ3v) is 8.36. The molecule has 3 aliphatic rings. The van der Waals surface area contributed by atoms with Crippen molar-refractivity contribution < 1.29 is 23.9 Å². The number of piperidine rings is 1. The highest BCUT2D eigenvalue weighted by Gasteiger charge is 2.42. The summed E-state index contributed by atoms with van der Waals surface area (Å²) in [6.07, 6.45) is 3.47. The summed E-state index contributed by atoms with van der Waals surface area (Å²) < 4.78 is 11.9. The molecular formula is C34H46N6O5. The molecule has 242 valence electrons. The summed E-state index contributed by atoms with van der Waals surface area (Å²) in [5, 5.41) is 5.42. The Bertz CT molecular complexity index is 1400. The van der Waals surface area contributed by atoms with Crippen LogP contribution in [-0.4, -0.2) is 78.4 Å². The van der Waals surface area contributed by atoms with Crippen molar-refractivity contribution >= 4 is 30.1 Å². The Balaban J connectivity index is 0.00000461. The molecule has 3 amide bonds. The molecule has 0 saturated carbocycles. The second kappa shape index (κ2) is 14.8. The maximum Gasteiger partial charge on any atom is 0.410 e. The molecule has 4 atom stereocenters. The molecule has 0 bridgehead atoms. The van der Waals surface area contributed by atoms with E-state index in [4.69, 9.17) is 20.2 Å². The molecule has 11 heteroatoms. The van der Waals surface area contributed by atoms with Gasteiger partial charge in [0.25, 0.3) is 5.91 Å². The normalized spacial score (nSPS) is 21.7. The number of rotatable bonds is 9. The van der Waals surface area contributed by atoms with Crippen molar-refractivity contribution in [3.8, 4) is 0 Å². The fourth-order valence-electron chi connectivity index (χ4n) is 5.69. The fourth-order valence-corrected chi connectivity index (χ4v) is 5.69. The first kappa shape index (κ1) is 33.8. The molecule has 0 aromatic heterocycles. The van der Waals surface area contributed by atoms with Gasteiger partial charge in [-0.25, -0.2) is 14.8 Å². The first-order valence-corrected chi connectivity index (χ1v) is 15.3. The lowest BCUT2D eigenvalue weighted by atomic mass is 9.92. The molecule has 1 aliphatic carbocycles. The topological polar surface area (TPSA) is 148 Å². The highest BCUT2D eigenvalue weighted by Crippen LogP contribution is 2.39. The maximum absolute atomic E-state index is 13.4. The summed E-state index contributed by atoms with van der Waals surface area (Å²) in [4.78, 5) is 50.0. The quantitative estimate of drug-likeness (QED) is 0.392. The number of guanidine groups is 1. The van der Waals surface area contributed by atoms with Crippen molar-refractivity contribution in [2.75, 3.05) is 19.7 Å². The van der Waals surface area contributed by atoms with Gasteiger partial charge < -0.3 is 25.4 Å². The zero-order chi connectivity index (χ0) is 31.3. The van der Waals surface area contributed by atoms with E-state index >= 15 is 0 Å². The van der Waals surface area contributed by atoms with E-state index in [2.05, 4.69) is 22.5 Å². The van der Waals surface area contributed by atoms with Gasteiger partial charge in [-0.3, -0.25) is 14.9 Å². The molecule has 1 saturated heterocycles. The number of ether oxygens (including phenoxy) is 2. The standard InChI is InChI=1S/C33H42N6O5.CH4/c1-21-13-15-39(16-14-21)32(42)44-27-17-23-11-7-8-12-24(23)28(27)25-18-35-31(37-25)38-29(40)26(36-30(41)33(2,3)34)20-43-19-22-9-5-4-6-10-22;/h4-12,18,21,25-28H,13-17,19-20,34H2,1-3H3,(H,36,41)(H,37,38,40);1H4/t25?,26-,27-,28-;/m1./s1. The van der Waals surface area contributed by atoms with Crippen molar-refractivity contribution in [1.29, 1.82) is 0 Å². The molecule has 2 heterocycles. The van der Waals surface area contributed by atoms with Crippen molar-refractivity contribution in [1.82, 2.24) is 15.5 Å². The lowest BCUT2D eigenvalue weighted by Crippen LogP contribution is -2.57. The Hall–Kier alpha value is -4.09. The lowest BCUT2D eigenvalue weighted by Gasteiger charge is -2.32. The second-order valence-corrected chi connectivity index (χ2v) is 12.5.